The van der Waals surface area contributed by atoms with Crippen LogP contribution < -0.4 is 14.9 Å². The van der Waals surface area contributed by atoms with Crippen LogP contribution in [0.25, 0.3) is 17.4 Å². The van der Waals surface area contributed by atoms with E-state index in [0.29, 0.717) is 37.7 Å². The fraction of sp³-hybridized carbons (Fsp3) is 0.143. The summed E-state index contributed by atoms with van der Waals surface area (Å²) in [5.74, 6) is -1.39. The number of ether oxygens (including phenoxy) is 1. The fourth-order valence-corrected chi connectivity index (χ4v) is 5.60. The summed E-state index contributed by atoms with van der Waals surface area (Å²) >= 11 is 7.21. The van der Waals surface area contributed by atoms with Gasteiger partial charge in [0.15, 0.2) is 4.80 Å². The number of aromatic nitrogens is 1. The lowest BCUT2D eigenvalue weighted by molar-refractivity contribution is -0.139. The molecule has 0 saturated heterocycles. The van der Waals surface area contributed by atoms with Crippen LogP contribution in [0.4, 0.5) is 4.39 Å². The first kappa shape index (κ1) is 26.3. The number of hydrogen-bond acceptors (Lipinski definition) is 7. The molecule has 1 N–H and O–H groups in total. The molecule has 1 aliphatic heterocycles. The topological polar surface area (TPSA) is 111 Å². The monoisotopic (exact) mass is 566 g/mol. The molecule has 8 nitrogen and oxygen atoms in total. The van der Waals surface area contributed by atoms with Gasteiger partial charge in [0.2, 0.25) is 0 Å². The second kappa shape index (κ2) is 10.5. The van der Waals surface area contributed by atoms with E-state index in [1.165, 1.54) is 41.0 Å². The summed E-state index contributed by atoms with van der Waals surface area (Å²) in [5.41, 5.74) is 1.26. The fourth-order valence-electron chi connectivity index (χ4n) is 4.31. The zero-order valence-electron chi connectivity index (χ0n) is 20.6. The van der Waals surface area contributed by atoms with E-state index in [9.17, 15) is 23.9 Å². The largest absolute Gasteiger partial charge is 0.478 e. The molecule has 0 saturated carbocycles. The van der Waals surface area contributed by atoms with Gasteiger partial charge >= 0.3 is 11.9 Å². The molecule has 4 aromatic rings. The van der Waals surface area contributed by atoms with E-state index in [0.717, 1.165) is 11.3 Å². The lowest BCUT2D eigenvalue weighted by atomic mass is 9.96. The Morgan fingerprint density at radius 2 is 1.95 bits per heavy atom. The molecule has 39 heavy (non-hydrogen) atoms. The van der Waals surface area contributed by atoms with Crippen LogP contribution in [-0.2, 0) is 9.53 Å². The zero-order valence-corrected chi connectivity index (χ0v) is 22.2. The Morgan fingerprint density at radius 1 is 1.21 bits per heavy atom. The second-order valence-corrected chi connectivity index (χ2v) is 9.97. The summed E-state index contributed by atoms with van der Waals surface area (Å²) in [6.07, 6.45) is 1.56. The van der Waals surface area contributed by atoms with Crippen LogP contribution in [0.15, 0.2) is 80.1 Å². The minimum absolute atomic E-state index is 0.0264. The standard InChI is InChI=1S/C28H20ClFN2O6S/c1-3-37-27(36)23-14(2)31-28-32(24(23)15-4-7-17(30)8-5-15)25(33)22(39-28)13-18-9-11-21(38-18)16-6-10-19(26(34)35)20(29)12-16/h4-13,24H,3H2,1-2H3,(H,34,35). The molecule has 0 amide bonds. The van der Waals surface area contributed by atoms with Crippen molar-refractivity contribution >= 4 is 41.0 Å². The SMILES string of the molecule is CCOC(=O)C1=C(C)N=c2sc(=Cc3ccc(-c4ccc(C(=O)O)c(Cl)c4)o3)c(=O)n2C1c1ccc(F)cc1. The lowest BCUT2D eigenvalue weighted by Gasteiger charge is -2.24. The van der Waals surface area contributed by atoms with Gasteiger partial charge in [-0.25, -0.2) is 19.0 Å². The molecule has 0 radical (unpaired) electrons. The number of esters is 1. The van der Waals surface area contributed by atoms with Crippen LogP contribution in [0.3, 0.4) is 0 Å². The zero-order chi connectivity index (χ0) is 27.8. The maximum absolute atomic E-state index is 13.7. The molecule has 0 fully saturated rings. The molecule has 3 heterocycles. The van der Waals surface area contributed by atoms with Crippen molar-refractivity contribution in [2.75, 3.05) is 6.61 Å². The number of halogens is 2. The van der Waals surface area contributed by atoms with E-state index >= 15 is 0 Å². The molecule has 0 spiro atoms. The number of furan rings is 1. The highest BCUT2D eigenvalue weighted by atomic mass is 35.5. The lowest BCUT2D eigenvalue weighted by Crippen LogP contribution is -2.39. The first-order valence-electron chi connectivity index (χ1n) is 11.8. The molecule has 0 aliphatic carbocycles. The Balaban J connectivity index is 1.60. The molecule has 11 heteroatoms. The van der Waals surface area contributed by atoms with Gasteiger partial charge in [-0.15, -0.1) is 0 Å². The van der Waals surface area contributed by atoms with E-state index in [-0.39, 0.29) is 22.8 Å². The number of carbonyl (C=O) groups excluding carboxylic acids is 1. The average molecular weight is 567 g/mol. The number of benzene rings is 2. The number of carboxylic acids is 1. The Bertz CT molecular complexity index is 1830. The number of aromatic carboxylic acids is 1. The van der Waals surface area contributed by atoms with Gasteiger partial charge in [-0.1, -0.05) is 41.1 Å². The van der Waals surface area contributed by atoms with Gasteiger partial charge in [0, 0.05) is 11.6 Å². The highest BCUT2D eigenvalue weighted by molar-refractivity contribution is 7.07. The molecule has 2 aromatic carbocycles. The Hall–Kier alpha value is -4.28. The van der Waals surface area contributed by atoms with Gasteiger partial charge in [0.25, 0.3) is 5.56 Å². The quantitative estimate of drug-likeness (QED) is 0.343. The molecule has 2 aromatic heterocycles. The van der Waals surface area contributed by atoms with Crippen LogP contribution in [0, 0.1) is 5.82 Å². The third-order valence-electron chi connectivity index (χ3n) is 6.09. The van der Waals surface area contributed by atoms with E-state index in [1.807, 2.05) is 0 Å². The van der Waals surface area contributed by atoms with Crippen LogP contribution >= 0.6 is 22.9 Å². The number of nitrogens with zero attached hydrogens (tertiary/aromatic N) is 2. The maximum Gasteiger partial charge on any atom is 0.338 e. The molecular formula is C28H20ClFN2O6S. The number of hydrogen-bond donors (Lipinski definition) is 1. The minimum Gasteiger partial charge on any atom is -0.478 e. The molecule has 1 atom stereocenters. The van der Waals surface area contributed by atoms with Crippen molar-refractivity contribution in [1.29, 1.82) is 0 Å². The number of fused-ring (bicyclic) bond motifs is 1. The van der Waals surface area contributed by atoms with Crippen molar-refractivity contribution in [1.82, 2.24) is 4.57 Å². The maximum atomic E-state index is 13.7. The molecular weight excluding hydrogens is 547 g/mol. The predicted molar refractivity (Wildman–Crippen MR) is 143 cm³/mol. The number of allylic oxidation sites excluding steroid dienone is 1. The second-order valence-electron chi connectivity index (χ2n) is 8.56. The number of thiazole rings is 1. The predicted octanol–water partition coefficient (Wildman–Crippen LogP) is 4.55. The number of carboxylic acid groups (broad SMARTS) is 1. The van der Waals surface area contributed by atoms with Gasteiger partial charge in [0.05, 0.1) is 39.0 Å². The summed E-state index contributed by atoms with van der Waals surface area (Å²) in [6, 6.07) is 12.5. The van der Waals surface area contributed by atoms with Gasteiger partial charge in [0.1, 0.15) is 17.3 Å². The van der Waals surface area contributed by atoms with E-state index in [2.05, 4.69) is 4.99 Å². The molecule has 0 bridgehead atoms. The molecule has 1 unspecified atom stereocenters. The van der Waals surface area contributed by atoms with Crippen molar-refractivity contribution in [2.45, 2.75) is 19.9 Å². The smallest absolute Gasteiger partial charge is 0.338 e. The van der Waals surface area contributed by atoms with Crippen LogP contribution in [-0.4, -0.2) is 28.2 Å². The Morgan fingerprint density at radius 3 is 2.62 bits per heavy atom. The third kappa shape index (κ3) is 4.96. The molecule has 5 rings (SSSR count). The first-order chi connectivity index (χ1) is 18.7. The number of carbonyl (C=O) groups is 2. The summed E-state index contributed by atoms with van der Waals surface area (Å²) in [4.78, 5) is 42.7. The molecule has 1 aliphatic rings. The van der Waals surface area contributed by atoms with Crippen molar-refractivity contribution in [3.8, 4) is 11.3 Å². The first-order valence-corrected chi connectivity index (χ1v) is 13.0. The van der Waals surface area contributed by atoms with Crippen molar-refractivity contribution in [3.63, 3.8) is 0 Å². The average Bonchev–Trinajstić information content (AvgIpc) is 3.48. The van der Waals surface area contributed by atoms with E-state index in [4.69, 9.17) is 20.8 Å². The third-order valence-corrected chi connectivity index (χ3v) is 7.38. The molecule has 198 valence electrons. The van der Waals surface area contributed by atoms with Gasteiger partial charge in [-0.2, -0.15) is 0 Å². The van der Waals surface area contributed by atoms with E-state index in [1.54, 1.807) is 38.1 Å². The summed E-state index contributed by atoms with van der Waals surface area (Å²) < 4.78 is 26.5. The summed E-state index contributed by atoms with van der Waals surface area (Å²) in [5, 5.41) is 9.26. The van der Waals surface area contributed by atoms with Gasteiger partial charge < -0.3 is 14.3 Å². The Kier molecular flexibility index (Phi) is 7.07. The van der Waals surface area contributed by atoms with Gasteiger partial charge in [-0.05, 0) is 55.8 Å². The van der Waals surface area contributed by atoms with Crippen LogP contribution in [0.5, 0.6) is 0 Å². The van der Waals surface area contributed by atoms with E-state index < -0.39 is 29.4 Å². The van der Waals surface area contributed by atoms with Crippen molar-refractivity contribution < 1.29 is 28.2 Å². The minimum atomic E-state index is -1.14. The van der Waals surface area contributed by atoms with Crippen LogP contribution in [0.2, 0.25) is 5.02 Å². The highest BCUT2D eigenvalue weighted by Crippen LogP contribution is 2.31. The summed E-state index contributed by atoms with van der Waals surface area (Å²) in [7, 11) is 0. The van der Waals surface area contributed by atoms with Crippen LogP contribution in [0.1, 0.15) is 41.6 Å². The number of rotatable bonds is 6. The van der Waals surface area contributed by atoms with Gasteiger partial charge in [-0.3, -0.25) is 9.36 Å². The van der Waals surface area contributed by atoms with Crippen molar-refractivity contribution in [3.05, 3.63) is 113 Å². The van der Waals surface area contributed by atoms with Crippen molar-refractivity contribution in [2.24, 2.45) is 4.99 Å². The summed E-state index contributed by atoms with van der Waals surface area (Å²) in [6.45, 7) is 3.49. The Labute approximate surface area is 229 Å². The highest BCUT2D eigenvalue weighted by Gasteiger charge is 2.33. The normalized spacial score (nSPS) is 15.2.